The van der Waals surface area contributed by atoms with Gasteiger partial charge < -0.3 is 25.6 Å². The van der Waals surface area contributed by atoms with Crippen LogP contribution in [0.5, 0.6) is 5.75 Å². The molecule has 0 saturated carbocycles. The summed E-state index contributed by atoms with van der Waals surface area (Å²) in [4.78, 5) is 10.4. The molecule has 0 saturated heterocycles. The van der Waals surface area contributed by atoms with Gasteiger partial charge in [-0.2, -0.15) is 0 Å². The van der Waals surface area contributed by atoms with Crippen LogP contribution in [-0.2, 0) is 9.53 Å². The number of ether oxygens (including phenoxy) is 2. The summed E-state index contributed by atoms with van der Waals surface area (Å²) in [5.41, 5.74) is 7.04. The second kappa shape index (κ2) is 9.33. The zero-order chi connectivity index (χ0) is 15.7. The monoisotopic (exact) mass is 296 g/mol. The van der Waals surface area contributed by atoms with Gasteiger partial charge in [0, 0.05) is 13.1 Å². The van der Waals surface area contributed by atoms with Gasteiger partial charge in [-0.3, -0.25) is 4.79 Å². The van der Waals surface area contributed by atoms with Crippen LogP contribution in [0.15, 0.2) is 18.2 Å². The molecule has 1 aromatic rings. The van der Waals surface area contributed by atoms with Crippen LogP contribution in [0.3, 0.4) is 0 Å². The van der Waals surface area contributed by atoms with E-state index in [2.05, 4.69) is 5.32 Å². The Balaban J connectivity index is 2.17. The molecule has 0 radical (unpaired) electrons. The summed E-state index contributed by atoms with van der Waals surface area (Å²) in [5, 5.41) is 12.9. The maximum atomic E-state index is 10.4. The number of aliphatic hydroxyl groups excluding tert-OH is 1. The number of aryl methyl sites for hydroxylation is 2. The van der Waals surface area contributed by atoms with Crippen molar-refractivity contribution >= 4 is 5.91 Å². The van der Waals surface area contributed by atoms with Crippen LogP contribution in [0.2, 0.25) is 0 Å². The highest BCUT2D eigenvalue weighted by molar-refractivity contribution is 5.74. The van der Waals surface area contributed by atoms with Crippen molar-refractivity contribution in [2.24, 2.45) is 5.73 Å². The highest BCUT2D eigenvalue weighted by Crippen LogP contribution is 2.22. The molecule has 0 fully saturated rings. The van der Waals surface area contributed by atoms with Gasteiger partial charge in [0.15, 0.2) is 0 Å². The molecular weight excluding hydrogens is 272 g/mol. The summed E-state index contributed by atoms with van der Waals surface area (Å²) in [6.45, 7) is 5.39. The number of nitrogens with two attached hydrogens (primary N) is 1. The second-order valence-corrected chi connectivity index (χ2v) is 4.91. The third-order valence-corrected chi connectivity index (χ3v) is 2.88. The highest BCUT2D eigenvalue weighted by atomic mass is 16.5. The first kappa shape index (κ1) is 17.4. The van der Waals surface area contributed by atoms with E-state index in [9.17, 15) is 9.90 Å². The molecule has 1 aromatic carbocycles. The number of hydrogen-bond acceptors (Lipinski definition) is 5. The van der Waals surface area contributed by atoms with Crippen molar-refractivity contribution in [3.63, 3.8) is 0 Å². The predicted molar refractivity (Wildman–Crippen MR) is 80.3 cm³/mol. The molecule has 0 aliphatic carbocycles. The van der Waals surface area contributed by atoms with Gasteiger partial charge in [-0.1, -0.05) is 18.2 Å². The molecule has 4 N–H and O–H groups in total. The van der Waals surface area contributed by atoms with Crippen LogP contribution in [0.1, 0.15) is 11.1 Å². The molecule has 0 aliphatic heterocycles. The van der Waals surface area contributed by atoms with Crippen molar-refractivity contribution in [3.8, 4) is 5.75 Å². The third kappa shape index (κ3) is 7.08. The number of hydrogen-bond donors (Lipinski definition) is 3. The SMILES string of the molecule is Cc1cccc(C)c1OCC(O)CNCCOCC(N)=O. The predicted octanol–water partition coefficient (Wildman–Crippen LogP) is 0.135. The van der Waals surface area contributed by atoms with E-state index in [0.717, 1.165) is 16.9 Å². The Bertz CT molecular complexity index is 431. The van der Waals surface area contributed by atoms with E-state index in [4.69, 9.17) is 15.2 Å². The largest absolute Gasteiger partial charge is 0.490 e. The van der Waals surface area contributed by atoms with Crippen LogP contribution in [-0.4, -0.2) is 50.0 Å². The number of carbonyl (C=O) groups excluding carboxylic acids is 1. The van der Waals surface area contributed by atoms with E-state index in [1.165, 1.54) is 0 Å². The first-order chi connectivity index (χ1) is 10.0. The van der Waals surface area contributed by atoms with Gasteiger partial charge in [0.05, 0.1) is 6.61 Å². The normalized spacial score (nSPS) is 12.1. The quantitative estimate of drug-likeness (QED) is 0.534. The molecular formula is C15H24N2O4. The van der Waals surface area contributed by atoms with Crippen molar-refractivity contribution in [2.45, 2.75) is 20.0 Å². The van der Waals surface area contributed by atoms with Crippen LogP contribution in [0.25, 0.3) is 0 Å². The summed E-state index contributed by atoms with van der Waals surface area (Å²) in [7, 11) is 0. The highest BCUT2D eigenvalue weighted by Gasteiger charge is 2.08. The van der Waals surface area contributed by atoms with Gasteiger partial charge in [-0.05, 0) is 25.0 Å². The molecule has 118 valence electrons. The van der Waals surface area contributed by atoms with Gasteiger partial charge in [-0.25, -0.2) is 0 Å². The number of benzene rings is 1. The fraction of sp³-hybridized carbons (Fsp3) is 0.533. The van der Waals surface area contributed by atoms with Crippen molar-refractivity contribution in [2.75, 3.05) is 32.9 Å². The Morgan fingerprint density at radius 3 is 2.67 bits per heavy atom. The van der Waals surface area contributed by atoms with Crippen LogP contribution in [0, 0.1) is 13.8 Å². The molecule has 6 heteroatoms. The zero-order valence-corrected chi connectivity index (χ0v) is 12.6. The van der Waals surface area contributed by atoms with Crippen molar-refractivity contribution < 1.29 is 19.4 Å². The lowest BCUT2D eigenvalue weighted by Gasteiger charge is -2.16. The Labute approximate surface area is 125 Å². The standard InChI is InChI=1S/C15H24N2O4/c1-11-4-3-5-12(2)15(11)21-9-13(18)8-17-6-7-20-10-14(16)19/h3-5,13,17-18H,6-10H2,1-2H3,(H2,16,19). The first-order valence-electron chi connectivity index (χ1n) is 6.94. The second-order valence-electron chi connectivity index (χ2n) is 4.91. The topological polar surface area (TPSA) is 93.8 Å². The minimum absolute atomic E-state index is 0.0834. The zero-order valence-electron chi connectivity index (χ0n) is 12.6. The molecule has 0 aromatic heterocycles. The van der Waals surface area contributed by atoms with Gasteiger partial charge in [0.2, 0.25) is 5.91 Å². The van der Waals surface area contributed by atoms with E-state index in [-0.39, 0.29) is 13.2 Å². The molecule has 1 rings (SSSR count). The summed E-state index contributed by atoms with van der Waals surface area (Å²) >= 11 is 0. The molecule has 0 aliphatic rings. The average molecular weight is 296 g/mol. The van der Waals surface area contributed by atoms with Crippen LogP contribution in [0.4, 0.5) is 0 Å². The lowest BCUT2D eigenvalue weighted by atomic mass is 10.1. The molecule has 6 nitrogen and oxygen atoms in total. The van der Waals surface area contributed by atoms with E-state index in [0.29, 0.717) is 19.7 Å². The number of para-hydroxylation sites is 1. The molecule has 1 unspecified atom stereocenters. The summed E-state index contributed by atoms with van der Waals surface area (Å²) in [6, 6.07) is 5.92. The number of aliphatic hydroxyl groups is 1. The minimum atomic E-state index is -0.611. The van der Waals surface area contributed by atoms with Crippen LogP contribution < -0.4 is 15.8 Å². The number of primary amides is 1. The molecule has 0 heterocycles. The minimum Gasteiger partial charge on any atom is -0.490 e. The van der Waals surface area contributed by atoms with Gasteiger partial charge >= 0.3 is 0 Å². The van der Waals surface area contributed by atoms with Crippen LogP contribution >= 0.6 is 0 Å². The summed E-state index contributed by atoms with van der Waals surface area (Å²) < 4.78 is 10.6. The Kier molecular flexibility index (Phi) is 7.74. The number of nitrogens with one attached hydrogen (secondary N) is 1. The van der Waals surface area contributed by atoms with Crippen molar-refractivity contribution in [1.29, 1.82) is 0 Å². The lowest BCUT2D eigenvalue weighted by Crippen LogP contribution is -2.33. The lowest BCUT2D eigenvalue weighted by molar-refractivity contribution is -0.122. The van der Waals surface area contributed by atoms with Crippen molar-refractivity contribution in [3.05, 3.63) is 29.3 Å². The Morgan fingerprint density at radius 1 is 1.38 bits per heavy atom. The van der Waals surface area contributed by atoms with E-state index in [1.807, 2.05) is 32.0 Å². The number of carbonyl (C=O) groups is 1. The Hall–Kier alpha value is -1.63. The van der Waals surface area contributed by atoms with Gasteiger partial charge in [0.25, 0.3) is 0 Å². The van der Waals surface area contributed by atoms with Gasteiger partial charge in [0.1, 0.15) is 25.1 Å². The van der Waals surface area contributed by atoms with E-state index < -0.39 is 12.0 Å². The maximum Gasteiger partial charge on any atom is 0.243 e. The van der Waals surface area contributed by atoms with Crippen molar-refractivity contribution in [1.82, 2.24) is 5.32 Å². The molecule has 0 bridgehead atoms. The average Bonchev–Trinajstić information content (AvgIpc) is 2.41. The first-order valence-corrected chi connectivity index (χ1v) is 6.94. The smallest absolute Gasteiger partial charge is 0.243 e. The molecule has 1 atom stereocenters. The maximum absolute atomic E-state index is 10.4. The van der Waals surface area contributed by atoms with Gasteiger partial charge in [-0.15, -0.1) is 0 Å². The summed E-state index contributed by atoms with van der Waals surface area (Å²) in [6.07, 6.45) is -0.611. The van der Waals surface area contributed by atoms with E-state index >= 15 is 0 Å². The molecule has 21 heavy (non-hydrogen) atoms. The third-order valence-electron chi connectivity index (χ3n) is 2.88. The molecule has 0 spiro atoms. The number of rotatable bonds is 10. The fourth-order valence-electron chi connectivity index (χ4n) is 1.85. The summed E-state index contributed by atoms with van der Waals surface area (Å²) in [5.74, 6) is 0.332. The Morgan fingerprint density at radius 2 is 2.05 bits per heavy atom. The van der Waals surface area contributed by atoms with E-state index in [1.54, 1.807) is 0 Å². The molecule has 1 amide bonds. The number of amides is 1. The fourth-order valence-corrected chi connectivity index (χ4v) is 1.85.